The van der Waals surface area contributed by atoms with Crippen molar-refractivity contribution in [1.82, 2.24) is 14.9 Å². The molecule has 4 rings (SSSR count). The summed E-state index contributed by atoms with van der Waals surface area (Å²) >= 11 is 0. The maximum Gasteiger partial charge on any atom is 0.404 e. The zero-order valence-corrected chi connectivity index (χ0v) is 24.2. The SMILES string of the molecule is CC(NC(=O)O)C1CCC(C(=O)Nc2ccnc3c2cc(-c2cccc(F)c2)n3COCC[Si](C)(C)C)CC1. The Balaban J connectivity index is 1.54. The molecule has 10 heteroatoms. The van der Waals surface area contributed by atoms with Gasteiger partial charge in [-0.1, -0.05) is 31.8 Å². The first kappa shape index (κ1) is 28.8. The zero-order chi connectivity index (χ0) is 28.2. The highest BCUT2D eigenvalue weighted by molar-refractivity contribution is 6.76. The summed E-state index contributed by atoms with van der Waals surface area (Å²) in [6, 6.07) is 11.1. The third-order valence-corrected chi connectivity index (χ3v) is 9.30. The summed E-state index contributed by atoms with van der Waals surface area (Å²) in [6.07, 6.45) is 3.64. The highest BCUT2D eigenvalue weighted by atomic mass is 28.3. The monoisotopic (exact) mass is 554 g/mol. The highest BCUT2D eigenvalue weighted by Gasteiger charge is 2.30. The number of amides is 2. The fourth-order valence-electron chi connectivity index (χ4n) is 5.24. The van der Waals surface area contributed by atoms with Gasteiger partial charge < -0.3 is 25.0 Å². The summed E-state index contributed by atoms with van der Waals surface area (Å²) in [7, 11) is -1.26. The molecule has 8 nitrogen and oxygen atoms in total. The van der Waals surface area contributed by atoms with E-state index in [0.29, 0.717) is 36.3 Å². The van der Waals surface area contributed by atoms with Crippen LogP contribution in [0, 0.1) is 17.7 Å². The lowest BCUT2D eigenvalue weighted by Gasteiger charge is -2.31. The van der Waals surface area contributed by atoms with Crippen LogP contribution < -0.4 is 10.6 Å². The first-order valence-corrected chi connectivity index (χ1v) is 17.3. The molecule has 3 N–H and O–H groups in total. The maximum atomic E-state index is 14.1. The Morgan fingerprint density at radius 3 is 2.59 bits per heavy atom. The second-order valence-electron chi connectivity index (χ2n) is 11.8. The fourth-order valence-corrected chi connectivity index (χ4v) is 5.99. The lowest BCUT2D eigenvalue weighted by molar-refractivity contribution is -0.121. The molecular formula is C29H39FN4O4Si. The van der Waals surface area contributed by atoms with Crippen molar-refractivity contribution >= 4 is 36.8 Å². The van der Waals surface area contributed by atoms with Gasteiger partial charge in [-0.05, 0) is 68.8 Å². The molecule has 1 unspecified atom stereocenters. The first-order chi connectivity index (χ1) is 18.5. The molecule has 1 atom stereocenters. The molecule has 1 aliphatic carbocycles. The van der Waals surface area contributed by atoms with Crippen molar-refractivity contribution in [3.8, 4) is 11.3 Å². The third kappa shape index (κ3) is 7.45. The quantitative estimate of drug-likeness (QED) is 0.195. The number of carbonyl (C=O) groups excluding carboxylic acids is 1. The van der Waals surface area contributed by atoms with Crippen LogP contribution in [0.3, 0.4) is 0 Å². The van der Waals surface area contributed by atoms with E-state index in [9.17, 15) is 14.0 Å². The number of rotatable bonds is 10. The van der Waals surface area contributed by atoms with E-state index >= 15 is 0 Å². The number of benzene rings is 1. The Labute approximate surface area is 230 Å². The van der Waals surface area contributed by atoms with Gasteiger partial charge in [-0.25, -0.2) is 14.2 Å². The van der Waals surface area contributed by atoms with Gasteiger partial charge in [0.1, 0.15) is 18.2 Å². The molecule has 0 radical (unpaired) electrons. The number of ether oxygens (including phenoxy) is 1. The molecule has 210 valence electrons. The molecule has 1 fully saturated rings. The van der Waals surface area contributed by atoms with Crippen molar-refractivity contribution in [2.45, 2.75) is 71.1 Å². The Morgan fingerprint density at radius 2 is 1.92 bits per heavy atom. The Hall–Kier alpha value is -3.24. The molecule has 2 heterocycles. The normalized spacial score (nSPS) is 18.6. The van der Waals surface area contributed by atoms with Crippen molar-refractivity contribution < 1.29 is 23.8 Å². The molecule has 0 aliphatic heterocycles. The number of nitrogens with one attached hydrogen (secondary N) is 2. The van der Waals surface area contributed by atoms with Gasteiger partial charge in [0, 0.05) is 43.8 Å². The largest absolute Gasteiger partial charge is 0.465 e. The van der Waals surface area contributed by atoms with E-state index in [0.717, 1.165) is 30.0 Å². The van der Waals surface area contributed by atoms with E-state index in [2.05, 4.69) is 35.3 Å². The molecule has 0 spiro atoms. The van der Waals surface area contributed by atoms with Gasteiger partial charge in [0.2, 0.25) is 5.91 Å². The van der Waals surface area contributed by atoms with Gasteiger partial charge in [-0.3, -0.25) is 4.79 Å². The lowest BCUT2D eigenvalue weighted by atomic mass is 9.78. The van der Waals surface area contributed by atoms with Gasteiger partial charge in [0.15, 0.2) is 0 Å². The fraction of sp³-hybridized carbons (Fsp3) is 0.483. The molecule has 1 aliphatic rings. The minimum atomic E-state index is -1.26. The van der Waals surface area contributed by atoms with E-state index in [1.54, 1.807) is 18.3 Å². The molecule has 39 heavy (non-hydrogen) atoms. The van der Waals surface area contributed by atoms with Crippen LogP contribution in [0.2, 0.25) is 25.7 Å². The number of halogens is 1. The number of nitrogens with zero attached hydrogens (tertiary/aromatic N) is 2. The second kappa shape index (κ2) is 12.3. The van der Waals surface area contributed by atoms with Gasteiger partial charge >= 0.3 is 6.09 Å². The van der Waals surface area contributed by atoms with E-state index < -0.39 is 14.2 Å². The minimum absolute atomic E-state index is 0.0498. The maximum absolute atomic E-state index is 14.1. The summed E-state index contributed by atoms with van der Waals surface area (Å²) in [5, 5.41) is 15.4. The molecule has 0 saturated heterocycles. The molecule has 2 amide bonds. The number of hydrogen-bond acceptors (Lipinski definition) is 4. The minimum Gasteiger partial charge on any atom is -0.465 e. The smallest absolute Gasteiger partial charge is 0.404 e. The average Bonchev–Trinajstić information content (AvgIpc) is 3.25. The van der Waals surface area contributed by atoms with Crippen LogP contribution in [0.4, 0.5) is 14.9 Å². The van der Waals surface area contributed by atoms with Gasteiger partial charge in [-0.2, -0.15) is 0 Å². The summed E-state index contributed by atoms with van der Waals surface area (Å²) in [4.78, 5) is 28.8. The van der Waals surface area contributed by atoms with Crippen molar-refractivity contribution in [3.63, 3.8) is 0 Å². The highest BCUT2D eigenvalue weighted by Crippen LogP contribution is 2.34. The van der Waals surface area contributed by atoms with Crippen LogP contribution in [0.1, 0.15) is 32.6 Å². The Morgan fingerprint density at radius 1 is 1.18 bits per heavy atom. The molecule has 2 aromatic heterocycles. The van der Waals surface area contributed by atoms with E-state index in [1.807, 2.05) is 23.6 Å². The molecule has 1 saturated carbocycles. The van der Waals surface area contributed by atoms with E-state index in [4.69, 9.17) is 9.84 Å². The third-order valence-electron chi connectivity index (χ3n) is 7.59. The van der Waals surface area contributed by atoms with Gasteiger partial charge in [-0.15, -0.1) is 0 Å². The zero-order valence-electron chi connectivity index (χ0n) is 23.2. The Bertz CT molecular complexity index is 1310. The van der Waals surface area contributed by atoms with Crippen LogP contribution in [0.25, 0.3) is 22.3 Å². The Kier molecular flexibility index (Phi) is 9.07. The number of anilines is 1. The van der Waals surface area contributed by atoms with Crippen LogP contribution in [-0.2, 0) is 16.3 Å². The molecular weight excluding hydrogens is 515 g/mol. The number of hydrogen-bond donors (Lipinski definition) is 3. The first-order valence-electron chi connectivity index (χ1n) is 13.6. The predicted octanol–water partition coefficient (Wildman–Crippen LogP) is 6.56. The summed E-state index contributed by atoms with van der Waals surface area (Å²) in [5.41, 5.74) is 2.80. The van der Waals surface area contributed by atoms with E-state index in [1.165, 1.54) is 12.1 Å². The van der Waals surface area contributed by atoms with Crippen molar-refractivity contribution in [1.29, 1.82) is 0 Å². The van der Waals surface area contributed by atoms with Crippen molar-refractivity contribution in [3.05, 3.63) is 48.4 Å². The van der Waals surface area contributed by atoms with Crippen LogP contribution in [0.15, 0.2) is 42.6 Å². The number of fused-ring (bicyclic) bond motifs is 1. The second-order valence-corrected chi connectivity index (χ2v) is 17.4. The molecule has 0 bridgehead atoms. The predicted molar refractivity (Wildman–Crippen MR) is 154 cm³/mol. The molecule has 1 aromatic carbocycles. The van der Waals surface area contributed by atoms with Crippen LogP contribution >= 0.6 is 0 Å². The van der Waals surface area contributed by atoms with Crippen LogP contribution in [-0.4, -0.2) is 47.4 Å². The van der Waals surface area contributed by atoms with Crippen molar-refractivity contribution in [2.75, 3.05) is 11.9 Å². The number of pyridine rings is 1. The topological polar surface area (TPSA) is 105 Å². The number of carbonyl (C=O) groups is 2. The number of carboxylic acid groups (broad SMARTS) is 1. The summed E-state index contributed by atoms with van der Waals surface area (Å²) < 4.78 is 22.1. The van der Waals surface area contributed by atoms with E-state index in [-0.39, 0.29) is 36.3 Å². The number of aromatic nitrogens is 2. The van der Waals surface area contributed by atoms with Gasteiger partial charge in [0.25, 0.3) is 0 Å². The van der Waals surface area contributed by atoms with Crippen molar-refractivity contribution in [2.24, 2.45) is 11.8 Å². The summed E-state index contributed by atoms with van der Waals surface area (Å²) in [5.74, 6) is -0.294. The van der Waals surface area contributed by atoms with Crippen LogP contribution in [0.5, 0.6) is 0 Å². The molecule has 3 aromatic rings. The van der Waals surface area contributed by atoms with Gasteiger partial charge in [0.05, 0.1) is 11.4 Å². The standard InChI is InChI=1S/C29H39FN4O4Si/c1-19(32-29(36)37)20-8-10-21(11-9-20)28(35)33-25-12-13-31-27-24(25)17-26(22-6-5-7-23(30)16-22)34(27)18-38-14-15-39(2,3)4/h5-7,12-13,16-17,19-21,32H,8-11,14-15,18H2,1-4H3,(H,36,37)(H,31,33,35). The summed E-state index contributed by atoms with van der Waals surface area (Å²) in [6.45, 7) is 9.69. The lowest BCUT2D eigenvalue weighted by Crippen LogP contribution is -2.39. The average molecular weight is 555 g/mol.